The van der Waals surface area contributed by atoms with E-state index in [0.29, 0.717) is 16.5 Å². The van der Waals surface area contributed by atoms with Crippen molar-refractivity contribution in [3.8, 4) is 22.6 Å². The van der Waals surface area contributed by atoms with Gasteiger partial charge in [-0.3, -0.25) is 14.9 Å². The summed E-state index contributed by atoms with van der Waals surface area (Å²) < 4.78 is 23.3. The molecule has 0 aliphatic heterocycles. The van der Waals surface area contributed by atoms with Crippen molar-refractivity contribution >= 4 is 28.3 Å². The van der Waals surface area contributed by atoms with Crippen molar-refractivity contribution in [2.75, 3.05) is 5.32 Å². The fourth-order valence-corrected chi connectivity index (χ4v) is 3.59. The Morgan fingerprint density at radius 3 is 2.61 bits per heavy atom. The highest BCUT2D eigenvalue weighted by Gasteiger charge is 2.20. The van der Waals surface area contributed by atoms with Crippen LogP contribution in [0.2, 0.25) is 0 Å². The third-order valence-corrected chi connectivity index (χ3v) is 5.35. The van der Waals surface area contributed by atoms with E-state index < -0.39 is 18.0 Å². The van der Waals surface area contributed by atoms with Crippen LogP contribution in [0.1, 0.15) is 19.2 Å². The van der Waals surface area contributed by atoms with Crippen LogP contribution in [0.4, 0.5) is 9.52 Å². The Balaban J connectivity index is 1.25. The number of thiazole rings is 1. The second-order valence-electron chi connectivity index (χ2n) is 7.04. The van der Waals surface area contributed by atoms with Gasteiger partial charge < -0.3 is 9.26 Å². The van der Waals surface area contributed by atoms with E-state index in [1.165, 1.54) is 42.5 Å². The molecule has 10 heteroatoms. The van der Waals surface area contributed by atoms with Gasteiger partial charge in [0.05, 0.1) is 12.1 Å². The van der Waals surface area contributed by atoms with E-state index in [1.54, 1.807) is 0 Å². The molecule has 0 saturated carbocycles. The van der Waals surface area contributed by atoms with Crippen molar-refractivity contribution in [1.82, 2.24) is 15.1 Å². The molecular weight excluding hydrogens is 447 g/mol. The number of nitrogens with zero attached hydrogens (tertiary/aromatic N) is 3. The molecule has 0 aliphatic rings. The Hall–Kier alpha value is -3.92. The molecule has 0 saturated heterocycles. The van der Waals surface area contributed by atoms with Crippen LogP contribution in [0.3, 0.4) is 0 Å². The summed E-state index contributed by atoms with van der Waals surface area (Å²) in [7, 11) is 0. The molecule has 1 amide bonds. The van der Waals surface area contributed by atoms with Crippen LogP contribution in [0.15, 0.2) is 64.5 Å². The van der Waals surface area contributed by atoms with E-state index in [2.05, 4.69) is 20.4 Å². The molecule has 0 aliphatic carbocycles. The first-order valence-corrected chi connectivity index (χ1v) is 11.0. The average Bonchev–Trinajstić information content (AvgIpc) is 3.49. The van der Waals surface area contributed by atoms with E-state index in [1.807, 2.05) is 35.7 Å². The maximum Gasteiger partial charge on any atom is 0.307 e. The summed E-state index contributed by atoms with van der Waals surface area (Å²) >= 11 is 1.29. The lowest BCUT2D eigenvalue weighted by Crippen LogP contribution is -2.30. The molecule has 0 bridgehead atoms. The number of aromatic nitrogens is 3. The average molecular weight is 466 g/mol. The van der Waals surface area contributed by atoms with Crippen LogP contribution in [-0.2, 0) is 20.7 Å². The minimum absolute atomic E-state index is 0.0436. The number of anilines is 1. The minimum atomic E-state index is -1.00. The van der Waals surface area contributed by atoms with Gasteiger partial charge >= 0.3 is 5.97 Å². The predicted octanol–water partition coefficient (Wildman–Crippen LogP) is 4.50. The lowest BCUT2D eigenvalue weighted by molar-refractivity contribution is -0.153. The molecule has 4 rings (SSSR count). The Morgan fingerprint density at radius 2 is 1.85 bits per heavy atom. The summed E-state index contributed by atoms with van der Waals surface area (Å²) in [6.45, 7) is 1.48. The molecule has 2 heterocycles. The standard InChI is InChI=1S/C23H19FN4O4S/c1-14(22(30)27-23-25-18(13-33-23)15-5-3-2-4-6-15)31-20(29)12-11-19-26-21(28-32-19)16-7-9-17(24)10-8-16/h2-10,13-14H,11-12H2,1H3,(H,25,27,30). The summed E-state index contributed by atoms with van der Waals surface area (Å²) in [6, 6.07) is 15.2. The summed E-state index contributed by atoms with van der Waals surface area (Å²) in [6.07, 6.45) is -0.897. The number of nitrogens with one attached hydrogen (secondary N) is 1. The Morgan fingerprint density at radius 1 is 1.09 bits per heavy atom. The van der Waals surface area contributed by atoms with E-state index >= 15 is 0 Å². The smallest absolute Gasteiger partial charge is 0.307 e. The van der Waals surface area contributed by atoms with E-state index in [4.69, 9.17) is 9.26 Å². The highest BCUT2D eigenvalue weighted by atomic mass is 32.1. The Labute approximate surface area is 192 Å². The number of ether oxygens (including phenoxy) is 1. The number of aryl methyl sites for hydroxylation is 1. The monoisotopic (exact) mass is 466 g/mol. The van der Waals surface area contributed by atoms with Crippen molar-refractivity contribution in [3.63, 3.8) is 0 Å². The van der Waals surface area contributed by atoms with Gasteiger partial charge in [-0.15, -0.1) is 11.3 Å². The maximum atomic E-state index is 13.0. The van der Waals surface area contributed by atoms with Crippen molar-refractivity contribution in [2.45, 2.75) is 25.9 Å². The maximum absolute atomic E-state index is 13.0. The lowest BCUT2D eigenvalue weighted by atomic mass is 10.2. The number of benzene rings is 2. The zero-order chi connectivity index (χ0) is 23.2. The molecule has 1 N–H and O–H groups in total. The third-order valence-electron chi connectivity index (χ3n) is 4.59. The van der Waals surface area contributed by atoms with Crippen LogP contribution < -0.4 is 5.32 Å². The molecular formula is C23H19FN4O4S. The number of carbonyl (C=O) groups excluding carboxylic acids is 2. The third kappa shape index (κ3) is 5.86. The van der Waals surface area contributed by atoms with E-state index in [-0.39, 0.29) is 24.5 Å². The number of hydrogen-bond acceptors (Lipinski definition) is 8. The fraction of sp³-hybridized carbons (Fsp3) is 0.174. The molecule has 33 heavy (non-hydrogen) atoms. The topological polar surface area (TPSA) is 107 Å². The molecule has 1 atom stereocenters. The number of rotatable bonds is 8. The van der Waals surface area contributed by atoms with Gasteiger partial charge in [0, 0.05) is 22.9 Å². The molecule has 2 aromatic carbocycles. The molecule has 2 aromatic heterocycles. The van der Waals surface area contributed by atoms with Crippen molar-refractivity contribution < 1.29 is 23.2 Å². The number of halogens is 1. The Kier molecular flexibility index (Phi) is 6.84. The van der Waals surface area contributed by atoms with Gasteiger partial charge in [-0.2, -0.15) is 4.98 Å². The number of hydrogen-bond donors (Lipinski definition) is 1. The number of carbonyl (C=O) groups is 2. The second-order valence-corrected chi connectivity index (χ2v) is 7.90. The first-order chi connectivity index (χ1) is 16.0. The van der Waals surface area contributed by atoms with Gasteiger partial charge in [0.2, 0.25) is 11.7 Å². The summed E-state index contributed by atoms with van der Waals surface area (Å²) in [5.74, 6) is -0.893. The number of amides is 1. The van der Waals surface area contributed by atoms with Gasteiger partial charge in [-0.25, -0.2) is 9.37 Å². The molecule has 8 nitrogen and oxygen atoms in total. The second kappa shape index (κ2) is 10.1. The van der Waals surface area contributed by atoms with Crippen LogP contribution in [0.25, 0.3) is 22.6 Å². The SMILES string of the molecule is CC(OC(=O)CCc1nc(-c2ccc(F)cc2)no1)C(=O)Nc1nc(-c2ccccc2)cs1. The summed E-state index contributed by atoms with van der Waals surface area (Å²) in [5.41, 5.74) is 2.29. The van der Waals surface area contributed by atoms with Crippen molar-refractivity contribution in [2.24, 2.45) is 0 Å². The minimum Gasteiger partial charge on any atom is -0.453 e. The summed E-state index contributed by atoms with van der Waals surface area (Å²) in [4.78, 5) is 33.1. The highest BCUT2D eigenvalue weighted by molar-refractivity contribution is 7.14. The van der Waals surface area contributed by atoms with Gasteiger partial charge in [-0.1, -0.05) is 35.5 Å². The number of esters is 1. The van der Waals surface area contributed by atoms with Gasteiger partial charge in [-0.05, 0) is 31.2 Å². The zero-order valence-electron chi connectivity index (χ0n) is 17.5. The largest absolute Gasteiger partial charge is 0.453 e. The first-order valence-electron chi connectivity index (χ1n) is 10.1. The van der Waals surface area contributed by atoms with E-state index in [0.717, 1.165) is 11.3 Å². The molecule has 0 radical (unpaired) electrons. The van der Waals surface area contributed by atoms with Gasteiger partial charge in [0.25, 0.3) is 5.91 Å². The van der Waals surface area contributed by atoms with Crippen molar-refractivity contribution in [3.05, 3.63) is 71.7 Å². The normalized spacial score (nSPS) is 11.7. The zero-order valence-corrected chi connectivity index (χ0v) is 18.3. The predicted molar refractivity (Wildman–Crippen MR) is 120 cm³/mol. The van der Waals surface area contributed by atoms with Crippen LogP contribution in [0, 0.1) is 5.82 Å². The molecule has 0 fully saturated rings. The fourth-order valence-electron chi connectivity index (χ4n) is 2.87. The van der Waals surface area contributed by atoms with Crippen molar-refractivity contribution in [1.29, 1.82) is 0 Å². The van der Waals surface area contributed by atoms with Gasteiger partial charge in [0.1, 0.15) is 5.82 Å². The molecule has 168 valence electrons. The highest BCUT2D eigenvalue weighted by Crippen LogP contribution is 2.24. The quantitative estimate of drug-likeness (QED) is 0.381. The first kappa shape index (κ1) is 22.3. The summed E-state index contributed by atoms with van der Waals surface area (Å²) in [5, 5.41) is 8.74. The van der Waals surface area contributed by atoms with Crippen LogP contribution >= 0.6 is 11.3 Å². The van der Waals surface area contributed by atoms with Crippen LogP contribution in [-0.4, -0.2) is 33.1 Å². The molecule has 4 aromatic rings. The Bertz CT molecular complexity index is 1240. The van der Waals surface area contributed by atoms with Crippen LogP contribution in [0.5, 0.6) is 0 Å². The molecule has 1 unspecified atom stereocenters. The molecule has 0 spiro atoms. The van der Waals surface area contributed by atoms with Gasteiger partial charge in [0.15, 0.2) is 11.2 Å². The lowest BCUT2D eigenvalue weighted by Gasteiger charge is -2.11. The van der Waals surface area contributed by atoms with E-state index in [9.17, 15) is 14.0 Å².